The molecule has 0 saturated carbocycles. The van der Waals surface area contributed by atoms with Crippen molar-refractivity contribution < 1.29 is 29.0 Å². The van der Waals surface area contributed by atoms with Crippen LogP contribution in [0.2, 0.25) is 0 Å². The fourth-order valence-corrected chi connectivity index (χ4v) is 5.87. The van der Waals surface area contributed by atoms with E-state index in [2.05, 4.69) is 24.1 Å². The number of hydrogen-bond donors (Lipinski definition) is 2. The summed E-state index contributed by atoms with van der Waals surface area (Å²) in [5.41, 5.74) is 0.436. The van der Waals surface area contributed by atoms with Gasteiger partial charge in [-0.3, -0.25) is 9.59 Å². The molecule has 2 aromatic carbocycles. The Bertz CT molecular complexity index is 1760. The van der Waals surface area contributed by atoms with Crippen molar-refractivity contribution in [2.75, 3.05) is 27.2 Å². The fraction of sp³-hybridized carbons (Fsp3) is 0.406. The topological polar surface area (TPSA) is 154 Å². The number of carbonyl (C=O) groups is 3. The van der Waals surface area contributed by atoms with E-state index in [-0.39, 0.29) is 24.2 Å². The molecule has 0 bridgehead atoms. The molecule has 0 aliphatic carbocycles. The van der Waals surface area contributed by atoms with Crippen LogP contribution in [0.15, 0.2) is 63.7 Å². The van der Waals surface area contributed by atoms with E-state index >= 15 is 0 Å². The standard InChI is InChI=1S/C31H37N5O6.CH2O2/c1-19(37)20-8-10-21(11-9-20)35-28(39)34-15-14-24-26(36(34)29(35)40)23-13-12-22(16-25(23)42-31(24,4)5)41-27(38)32-17-30(2,3)18-33(6)7;2-1-3/h8-14,16,26H,15,17-18H2,1-7H3,(H,32,38);1H,(H,2,3). The number of benzene rings is 2. The van der Waals surface area contributed by atoms with Gasteiger partial charge in [-0.25, -0.2) is 28.3 Å². The molecule has 0 saturated heterocycles. The maximum absolute atomic E-state index is 13.9. The lowest BCUT2D eigenvalue weighted by molar-refractivity contribution is -0.122. The van der Waals surface area contributed by atoms with Crippen LogP contribution in [0.1, 0.15) is 56.6 Å². The van der Waals surface area contributed by atoms with Crippen LogP contribution in [0.3, 0.4) is 0 Å². The van der Waals surface area contributed by atoms with Gasteiger partial charge in [0, 0.05) is 30.3 Å². The van der Waals surface area contributed by atoms with Gasteiger partial charge in [0.05, 0.1) is 12.2 Å². The molecule has 2 aliphatic heterocycles. The van der Waals surface area contributed by atoms with Crippen LogP contribution in [0.25, 0.3) is 5.69 Å². The van der Waals surface area contributed by atoms with E-state index in [9.17, 15) is 19.2 Å². The monoisotopic (exact) mass is 621 g/mol. The van der Waals surface area contributed by atoms with Crippen LogP contribution < -0.4 is 26.2 Å². The van der Waals surface area contributed by atoms with E-state index in [4.69, 9.17) is 19.4 Å². The zero-order valence-electron chi connectivity index (χ0n) is 26.5. The summed E-state index contributed by atoms with van der Waals surface area (Å²) in [5, 5.41) is 9.72. The predicted octanol–water partition coefficient (Wildman–Crippen LogP) is 3.08. The Hall–Kier alpha value is -4.91. The van der Waals surface area contributed by atoms with Gasteiger partial charge in [-0.1, -0.05) is 19.9 Å². The van der Waals surface area contributed by atoms with Crippen LogP contribution >= 0.6 is 0 Å². The Labute approximate surface area is 260 Å². The van der Waals surface area contributed by atoms with Crippen LogP contribution in [0, 0.1) is 5.41 Å². The molecule has 1 aromatic heterocycles. The lowest BCUT2D eigenvalue weighted by Gasteiger charge is -2.42. The molecule has 240 valence electrons. The maximum Gasteiger partial charge on any atom is 0.412 e. The van der Waals surface area contributed by atoms with Crippen LogP contribution in [0.4, 0.5) is 4.79 Å². The molecule has 5 rings (SSSR count). The van der Waals surface area contributed by atoms with E-state index in [1.54, 1.807) is 42.5 Å². The number of nitrogens with zero attached hydrogens (tertiary/aromatic N) is 4. The second-order valence-electron chi connectivity index (χ2n) is 12.6. The number of amides is 1. The lowest BCUT2D eigenvalue weighted by atomic mass is 9.83. The highest BCUT2D eigenvalue weighted by atomic mass is 16.6. The zero-order chi connectivity index (χ0) is 33.3. The van der Waals surface area contributed by atoms with Gasteiger partial charge >= 0.3 is 17.5 Å². The molecule has 0 fully saturated rings. The number of fused-ring (bicyclic) bond motifs is 5. The minimum Gasteiger partial charge on any atom is -0.483 e. The largest absolute Gasteiger partial charge is 0.483 e. The molecule has 1 unspecified atom stereocenters. The molecule has 2 aliphatic rings. The van der Waals surface area contributed by atoms with Crippen LogP contribution in [-0.4, -0.2) is 75.1 Å². The molecular weight excluding hydrogens is 582 g/mol. The van der Waals surface area contributed by atoms with Gasteiger partial charge in [-0.05, 0) is 82.3 Å². The number of carboxylic acid groups (broad SMARTS) is 1. The molecule has 45 heavy (non-hydrogen) atoms. The number of carbonyl (C=O) groups excluding carboxylic acids is 2. The van der Waals surface area contributed by atoms with E-state index in [1.165, 1.54) is 16.3 Å². The number of ether oxygens (including phenoxy) is 2. The highest BCUT2D eigenvalue weighted by molar-refractivity contribution is 5.94. The summed E-state index contributed by atoms with van der Waals surface area (Å²) in [4.78, 5) is 62.1. The van der Waals surface area contributed by atoms with Crippen molar-refractivity contribution in [3.8, 4) is 17.2 Å². The lowest BCUT2D eigenvalue weighted by Crippen LogP contribution is -2.46. The van der Waals surface area contributed by atoms with Gasteiger partial charge in [-0.15, -0.1) is 0 Å². The average Bonchev–Trinajstić information content (AvgIpc) is 3.21. The normalized spacial score (nSPS) is 16.1. The van der Waals surface area contributed by atoms with Crippen molar-refractivity contribution >= 4 is 18.3 Å². The summed E-state index contributed by atoms with van der Waals surface area (Å²) in [7, 11) is 3.97. The second kappa shape index (κ2) is 12.6. The molecule has 0 spiro atoms. The Morgan fingerprint density at radius 3 is 2.38 bits per heavy atom. The van der Waals surface area contributed by atoms with Crippen molar-refractivity contribution in [1.82, 2.24) is 24.1 Å². The van der Waals surface area contributed by atoms with Crippen molar-refractivity contribution in [3.05, 3.63) is 86.2 Å². The van der Waals surface area contributed by atoms with E-state index in [1.807, 2.05) is 34.0 Å². The number of aromatic nitrogens is 3. The van der Waals surface area contributed by atoms with Gasteiger partial charge < -0.3 is 24.8 Å². The summed E-state index contributed by atoms with van der Waals surface area (Å²) in [5.74, 6) is 0.640. The number of Topliss-reactive ketones (excluding diaryl/α,β-unsaturated/α-hetero) is 1. The van der Waals surface area contributed by atoms with E-state index < -0.39 is 29.1 Å². The Kier molecular flexibility index (Phi) is 9.24. The summed E-state index contributed by atoms with van der Waals surface area (Å²) in [6.07, 6.45) is 1.35. The first-order valence-corrected chi connectivity index (χ1v) is 14.4. The van der Waals surface area contributed by atoms with Crippen molar-refractivity contribution in [2.45, 2.75) is 52.8 Å². The van der Waals surface area contributed by atoms with Gasteiger partial charge in [0.1, 0.15) is 23.1 Å². The first-order valence-electron chi connectivity index (χ1n) is 14.4. The molecular formula is C32H39N5O8. The Balaban J connectivity index is 0.00000148. The SMILES string of the molecule is CC(=O)c1ccc(-n2c(=O)n3n(c2=O)C2C(=CC3)C(C)(C)Oc3cc(OC(=O)NCC(C)(C)CN(C)C)ccc32)cc1.O=CO. The smallest absolute Gasteiger partial charge is 0.412 e. The minimum atomic E-state index is -0.805. The molecule has 3 heterocycles. The van der Waals surface area contributed by atoms with Crippen molar-refractivity contribution in [1.29, 1.82) is 0 Å². The molecule has 3 aromatic rings. The van der Waals surface area contributed by atoms with Crippen LogP contribution in [-0.2, 0) is 11.3 Å². The number of nitrogens with one attached hydrogen (secondary N) is 1. The van der Waals surface area contributed by atoms with Crippen LogP contribution in [0.5, 0.6) is 11.5 Å². The Morgan fingerprint density at radius 2 is 1.78 bits per heavy atom. The number of ketones is 1. The predicted molar refractivity (Wildman–Crippen MR) is 167 cm³/mol. The maximum atomic E-state index is 13.9. The molecule has 0 radical (unpaired) electrons. The summed E-state index contributed by atoms with van der Waals surface area (Å²) < 4.78 is 15.9. The highest BCUT2D eigenvalue weighted by Crippen LogP contribution is 2.47. The third kappa shape index (κ3) is 6.78. The summed E-state index contributed by atoms with van der Waals surface area (Å²) in [6.45, 7) is 10.6. The van der Waals surface area contributed by atoms with Crippen molar-refractivity contribution in [3.63, 3.8) is 0 Å². The number of allylic oxidation sites excluding steroid dienone is 1. The second-order valence-corrected chi connectivity index (χ2v) is 12.6. The average molecular weight is 622 g/mol. The highest BCUT2D eigenvalue weighted by Gasteiger charge is 2.44. The van der Waals surface area contributed by atoms with E-state index in [0.717, 1.165) is 16.7 Å². The summed E-state index contributed by atoms with van der Waals surface area (Å²) >= 11 is 0. The quantitative estimate of drug-likeness (QED) is 0.230. The number of rotatable bonds is 7. The van der Waals surface area contributed by atoms with Gasteiger partial charge in [-0.2, -0.15) is 0 Å². The van der Waals surface area contributed by atoms with Gasteiger partial charge in [0.15, 0.2) is 5.78 Å². The fourth-order valence-electron chi connectivity index (χ4n) is 5.87. The first kappa shape index (κ1) is 33.0. The molecule has 1 amide bonds. The van der Waals surface area contributed by atoms with E-state index in [0.29, 0.717) is 34.9 Å². The number of hydrogen-bond acceptors (Lipinski definition) is 8. The van der Waals surface area contributed by atoms with Crippen molar-refractivity contribution in [2.24, 2.45) is 5.41 Å². The first-order chi connectivity index (χ1) is 21.1. The molecule has 1 atom stereocenters. The third-order valence-corrected chi connectivity index (χ3v) is 7.62. The zero-order valence-corrected chi connectivity index (χ0v) is 26.5. The molecule has 2 N–H and O–H groups in total. The minimum absolute atomic E-state index is 0.106. The summed E-state index contributed by atoms with van der Waals surface area (Å²) in [6, 6.07) is 10.8. The third-order valence-electron chi connectivity index (χ3n) is 7.62. The Morgan fingerprint density at radius 1 is 1.13 bits per heavy atom. The van der Waals surface area contributed by atoms with Gasteiger partial charge in [0.25, 0.3) is 6.47 Å². The molecule has 13 nitrogen and oxygen atoms in total. The molecule has 13 heteroatoms. The van der Waals surface area contributed by atoms with Gasteiger partial charge in [0.2, 0.25) is 0 Å².